The third-order valence-electron chi connectivity index (χ3n) is 3.86. The van der Waals surface area contributed by atoms with Crippen molar-refractivity contribution in [1.82, 2.24) is 4.72 Å². The zero-order chi connectivity index (χ0) is 14.2. The summed E-state index contributed by atoms with van der Waals surface area (Å²) in [7, 11) is -3.48. The summed E-state index contributed by atoms with van der Waals surface area (Å²) < 4.78 is 33.1. The second kappa shape index (κ2) is 5.35. The van der Waals surface area contributed by atoms with Crippen LogP contribution in [0.5, 0.6) is 5.75 Å². The van der Waals surface area contributed by atoms with Gasteiger partial charge >= 0.3 is 0 Å². The third kappa shape index (κ3) is 2.97. The van der Waals surface area contributed by atoms with Gasteiger partial charge in [-0.3, -0.25) is 0 Å². The average Bonchev–Trinajstić information content (AvgIpc) is 3.17. The Hall–Kier alpha value is -1.11. The molecule has 20 heavy (non-hydrogen) atoms. The highest BCUT2D eigenvalue weighted by Gasteiger charge is 2.33. The molecule has 3 N–H and O–H groups in total. The van der Waals surface area contributed by atoms with Crippen molar-refractivity contribution in [2.24, 2.45) is 11.7 Å². The van der Waals surface area contributed by atoms with Crippen molar-refractivity contribution < 1.29 is 13.2 Å². The molecule has 0 radical (unpaired) electrons. The lowest BCUT2D eigenvalue weighted by Gasteiger charge is -2.34. The van der Waals surface area contributed by atoms with Crippen LogP contribution in [0.2, 0.25) is 0 Å². The van der Waals surface area contributed by atoms with Crippen molar-refractivity contribution in [1.29, 1.82) is 0 Å². The number of hydrogen-bond donors (Lipinski definition) is 2. The molecule has 2 saturated carbocycles. The van der Waals surface area contributed by atoms with Crippen LogP contribution in [0.4, 0.5) is 0 Å². The monoisotopic (exact) mass is 296 g/mol. The van der Waals surface area contributed by atoms with Gasteiger partial charge in [-0.1, -0.05) is 12.1 Å². The summed E-state index contributed by atoms with van der Waals surface area (Å²) in [6.45, 7) is 0.670. The summed E-state index contributed by atoms with van der Waals surface area (Å²) in [6, 6.07) is 6.93. The lowest BCUT2D eigenvalue weighted by atomic mass is 9.82. The minimum Gasteiger partial charge on any atom is -0.489 e. The highest BCUT2D eigenvalue weighted by Crippen LogP contribution is 2.34. The standard InChI is InChI=1S/C14H20N2O3S/c15-9-10-7-12(8-10)19-13-3-1-2-4-14(13)20(17,18)16-11-5-6-11/h1-4,10-12,16H,5-9,15H2. The molecule has 2 fully saturated rings. The molecule has 0 heterocycles. The molecule has 0 bridgehead atoms. The number of nitrogens with one attached hydrogen (secondary N) is 1. The molecule has 6 heteroatoms. The molecule has 5 nitrogen and oxygen atoms in total. The van der Waals surface area contributed by atoms with Crippen LogP contribution in [-0.2, 0) is 10.0 Å². The summed E-state index contributed by atoms with van der Waals surface area (Å²) in [6.07, 6.45) is 3.73. The van der Waals surface area contributed by atoms with Crippen LogP contribution in [0.15, 0.2) is 29.2 Å². The van der Waals surface area contributed by atoms with Gasteiger partial charge in [-0.15, -0.1) is 0 Å². The number of rotatable bonds is 6. The normalized spacial score (nSPS) is 26.1. The van der Waals surface area contributed by atoms with Gasteiger partial charge in [-0.25, -0.2) is 13.1 Å². The minimum absolute atomic E-state index is 0.0841. The summed E-state index contributed by atoms with van der Waals surface area (Å²) in [5.74, 6) is 0.953. The molecule has 0 aliphatic heterocycles. The first-order valence-electron chi connectivity index (χ1n) is 7.06. The molecule has 0 saturated heterocycles. The fourth-order valence-corrected chi connectivity index (χ4v) is 3.84. The maximum absolute atomic E-state index is 12.3. The van der Waals surface area contributed by atoms with Gasteiger partial charge in [0.05, 0.1) is 6.10 Å². The van der Waals surface area contributed by atoms with Crippen LogP contribution in [0.3, 0.4) is 0 Å². The molecule has 110 valence electrons. The van der Waals surface area contributed by atoms with Gasteiger partial charge in [0.1, 0.15) is 10.6 Å². The number of sulfonamides is 1. The molecule has 0 spiro atoms. The van der Waals surface area contributed by atoms with Crippen LogP contribution in [0.1, 0.15) is 25.7 Å². The first-order chi connectivity index (χ1) is 9.58. The van der Waals surface area contributed by atoms with E-state index in [4.69, 9.17) is 10.5 Å². The molecule has 0 atom stereocenters. The van der Waals surface area contributed by atoms with Crippen LogP contribution >= 0.6 is 0 Å². The van der Waals surface area contributed by atoms with E-state index in [1.807, 2.05) is 0 Å². The lowest BCUT2D eigenvalue weighted by Crippen LogP contribution is -2.38. The Labute approximate surface area is 119 Å². The number of benzene rings is 1. The fourth-order valence-electron chi connectivity index (χ4n) is 2.40. The smallest absolute Gasteiger partial charge is 0.244 e. The molecule has 1 aromatic rings. The Kier molecular flexibility index (Phi) is 3.70. The molecule has 0 amide bonds. The van der Waals surface area contributed by atoms with Gasteiger partial charge in [-0.2, -0.15) is 0 Å². The highest BCUT2D eigenvalue weighted by molar-refractivity contribution is 7.89. The first kappa shape index (κ1) is 13.9. The largest absolute Gasteiger partial charge is 0.489 e. The summed E-state index contributed by atoms with van der Waals surface area (Å²) in [4.78, 5) is 0.239. The molecule has 3 rings (SSSR count). The Morgan fingerprint density at radius 2 is 1.95 bits per heavy atom. The predicted molar refractivity (Wildman–Crippen MR) is 76.0 cm³/mol. The van der Waals surface area contributed by atoms with Gasteiger partial charge in [0, 0.05) is 6.04 Å². The van der Waals surface area contributed by atoms with E-state index < -0.39 is 10.0 Å². The van der Waals surface area contributed by atoms with Crippen molar-refractivity contribution in [3.63, 3.8) is 0 Å². The zero-order valence-corrected chi connectivity index (χ0v) is 12.1. The van der Waals surface area contributed by atoms with Crippen molar-refractivity contribution in [3.05, 3.63) is 24.3 Å². The van der Waals surface area contributed by atoms with Crippen molar-refractivity contribution in [2.75, 3.05) is 6.54 Å². The molecule has 2 aliphatic rings. The summed E-state index contributed by atoms with van der Waals surface area (Å²) in [5, 5.41) is 0. The van der Waals surface area contributed by atoms with Crippen molar-refractivity contribution in [2.45, 2.75) is 42.7 Å². The molecule has 1 aromatic carbocycles. The highest BCUT2D eigenvalue weighted by atomic mass is 32.2. The fraction of sp³-hybridized carbons (Fsp3) is 0.571. The Balaban J connectivity index is 1.74. The summed E-state index contributed by atoms with van der Waals surface area (Å²) >= 11 is 0. The van der Waals surface area contributed by atoms with Crippen LogP contribution in [0, 0.1) is 5.92 Å². The van der Waals surface area contributed by atoms with Gasteiger partial charge in [0.25, 0.3) is 0 Å². The second-order valence-corrected chi connectivity index (χ2v) is 7.34. The Morgan fingerprint density at radius 1 is 1.25 bits per heavy atom. The quantitative estimate of drug-likeness (QED) is 0.827. The van der Waals surface area contributed by atoms with Crippen LogP contribution in [-0.4, -0.2) is 27.1 Å². The Bertz CT molecular complexity index is 578. The number of hydrogen-bond acceptors (Lipinski definition) is 4. The van der Waals surface area contributed by atoms with E-state index in [1.54, 1.807) is 24.3 Å². The maximum atomic E-state index is 12.3. The molecule has 0 unspecified atom stereocenters. The van der Waals surface area contributed by atoms with E-state index in [-0.39, 0.29) is 17.0 Å². The molecular formula is C14H20N2O3S. The van der Waals surface area contributed by atoms with E-state index in [0.29, 0.717) is 18.2 Å². The van der Waals surface area contributed by atoms with Gasteiger partial charge in [0.2, 0.25) is 10.0 Å². The zero-order valence-electron chi connectivity index (χ0n) is 11.3. The van der Waals surface area contributed by atoms with Gasteiger partial charge in [0.15, 0.2) is 0 Å². The van der Waals surface area contributed by atoms with E-state index >= 15 is 0 Å². The Morgan fingerprint density at radius 3 is 2.60 bits per heavy atom. The van der Waals surface area contributed by atoms with Crippen molar-refractivity contribution in [3.8, 4) is 5.75 Å². The van der Waals surface area contributed by atoms with Crippen molar-refractivity contribution >= 4 is 10.0 Å². The molecular weight excluding hydrogens is 276 g/mol. The lowest BCUT2D eigenvalue weighted by molar-refractivity contribution is 0.0664. The second-order valence-electron chi connectivity index (χ2n) is 5.66. The summed E-state index contributed by atoms with van der Waals surface area (Å²) in [5.41, 5.74) is 5.59. The number of ether oxygens (including phenoxy) is 1. The van der Waals surface area contributed by atoms with E-state index in [0.717, 1.165) is 25.7 Å². The maximum Gasteiger partial charge on any atom is 0.244 e. The van der Waals surface area contributed by atoms with E-state index in [9.17, 15) is 8.42 Å². The SMILES string of the molecule is NCC1CC(Oc2ccccc2S(=O)(=O)NC2CC2)C1. The van der Waals surface area contributed by atoms with E-state index in [2.05, 4.69) is 4.72 Å². The van der Waals surface area contributed by atoms with Crippen LogP contribution < -0.4 is 15.2 Å². The molecule has 0 aromatic heterocycles. The third-order valence-corrected chi connectivity index (χ3v) is 5.42. The van der Waals surface area contributed by atoms with Gasteiger partial charge < -0.3 is 10.5 Å². The van der Waals surface area contributed by atoms with E-state index in [1.165, 1.54) is 0 Å². The van der Waals surface area contributed by atoms with Gasteiger partial charge in [-0.05, 0) is 50.3 Å². The topological polar surface area (TPSA) is 81.4 Å². The average molecular weight is 296 g/mol. The minimum atomic E-state index is -3.48. The number of nitrogens with two attached hydrogens (primary N) is 1. The molecule has 2 aliphatic carbocycles. The predicted octanol–water partition coefficient (Wildman–Crippen LogP) is 1.24. The van der Waals surface area contributed by atoms with Crippen LogP contribution in [0.25, 0.3) is 0 Å². The first-order valence-corrected chi connectivity index (χ1v) is 8.55. The number of para-hydroxylation sites is 1.